The maximum atomic E-state index is 13.6. The van der Waals surface area contributed by atoms with Gasteiger partial charge in [-0.3, -0.25) is 0 Å². The topological polar surface area (TPSA) is 63.6 Å². The molecule has 100 valence electrons. The summed E-state index contributed by atoms with van der Waals surface area (Å²) in [5, 5.41) is 9.29. The lowest BCUT2D eigenvalue weighted by atomic mass is 10.1. The van der Waals surface area contributed by atoms with Crippen LogP contribution in [-0.2, 0) is 9.84 Å². The maximum Gasteiger partial charge on any atom is 0.154 e. The molecule has 0 saturated carbocycles. The Morgan fingerprint density at radius 2 is 2.22 bits per heavy atom. The van der Waals surface area contributed by atoms with Gasteiger partial charge in [0.1, 0.15) is 17.7 Å². The van der Waals surface area contributed by atoms with Crippen molar-refractivity contribution in [3.63, 3.8) is 0 Å². The molecule has 6 heteroatoms. The fraction of sp³-hybridized carbons (Fsp3) is 0.500. The molecule has 1 fully saturated rings. The van der Waals surface area contributed by atoms with Gasteiger partial charge in [-0.05, 0) is 25.5 Å². The first-order valence-electron chi connectivity index (χ1n) is 5.72. The molecule has 1 saturated heterocycles. The van der Waals surface area contributed by atoms with Gasteiger partial charge in [0.2, 0.25) is 0 Å². The van der Waals surface area contributed by atoms with Crippen molar-refractivity contribution in [1.82, 2.24) is 0 Å². The Labute approximate surface area is 105 Å². The number of ether oxygens (including phenoxy) is 1. The van der Waals surface area contributed by atoms with Crippen LogP contribution in [0.3, 0.4) is 0 Å². The van der Waals surface area contributed by atoms with Crippen molar-refractivity contribution in [1.29, 1.82) is 0 Å². The van der Waals surface area contributed by atoms with Crippen LogP contribution in [0.4, 0.5) is 4.39 Å². The van der Waals surface area contributed by atoms with Crippen molar-refractivity contribution in [2.75, 3.05) is 11.5 Å². The van der Waals surface area contributed by atoms with E-state index in [1.54, 1.807) is 0 Å². The SMILES string of the molecule is C[C@H](O)c1ccc(OC2CCS(=O)(=O)C2)cc1F. The number of aliphatic hydroxyl groups excluding tert-OH is 1. The highest BCUT2D eigenvalue weighted by Crippen LogP contribution is 2.24. The summed E-state index contributed by atoms with van der Waals surface area (Å²) in [7, 11) is -3.01. The minimum atomic E-state index is -3.01. The van der Waals surface area contributed by atoms with Gasteiger partial charge in [0.05, 0.1) is 17.6 Å². The summed E-state index contributed by atoms with van der Waals surface area (Å²) >= 11 is 0. The molecule has 2 atom stereocenters. The molecule has 1 N–H and O–H groups in total. The Morgan fingerprint density at radius 3 is 2.72 bits per heavy atom. The van der Waals surface area contributed by atoms with Gasteiger partial charge < -0.3 is 9.84 Å². The molecule has 0 amide bonds. The van der Waals surface area contributed by atoms with E-state index in [0.717, 1.165) is 0 Å². The fourth-order valence-corrected chi connectivity index (χ4v) is 3.56. The quantitative estimate of drug-likeness (QED) is 0.906. The van der Waals surface area contributed by atoms with Gasteiger partial charge in [-0.25, -0.2) is 12.8 Å². The lowest BCUT2D eigenvalue weighted by Gasteiger charge is -2.13. The molecular formula is C12H15FO4S. The van der Waals surface area contributed by atoms with Gasteiger partial charge in [0, 0.05) is 11.6 Å². The van der Waals surface area contributed by atoms with Crippen LogP contribution in [0.25, 0.3) is 0 Å². The number of hydrogen-bond acceptors (Lipinski definition) is 4. The average Bonchev–Trinajstić information content (AvgIpc) is 2.57. The first kappa shape index (κ1) is 13.3. The largest absolute Gasteiger partial charge is 0.489 e. The first-order chi connectivity index (χ1) is 8.37. The van der Waals surface area contributed by atoms with Crippen LogP contribution in [0.1, 0.15) is 25.0 Å². The molecule has 0 bridgehead atoms. The normalized spacial score (nSPS) is 23.8. The summed E-state index contributed by atoms with van der Waals surface area (Å²) in [6.07, 6.45) is -0.861. The van der Waals surface area contributed by atoms with Crippen LogP contribution in [0.15, 0.2) is 18.2 Å². The molecule has 1 heterocycles. The summed E-state index contributed by atoms with van der Waals surface area (Å²) in [6.45, 7) is 1.47. The number of benzene rings is 1. The standard InChI is InChI=1S/C12H15FO4S/c1-8(14)11-3-2-9(6-12(11)13)17-10-4-5-18(15,16)7-10/h2-3,6,8,10,14H,4-5,7H2,1H3/t8-,10?/m0/s1. The molecule has 4 nitrogen and oxygen atoms in total. The van der Waals surface area contributed by atoms with E-state index < -0.39 is 27.9 Å². The van der Waals surface area contributed by atoms with Crippen LogP contribution in [0.5, 0.6) is 5.75 Å². The van der Waals surface area contributed by atoms with Gasteiger partial charge in [0.15, 0.2) is 9.84 Å². The maximum absolute atomic E-state index is 13.6. The van der Waals surface area contributed by atoms with Crippen LogP contribution < -0.4 is 4.74 Å². The molecule has 18 heavy (non-hydrogen) atoms. The Balaban J connectivity index is 2.09. The van der Waals surface area contributed by atoms with E-state index in [9.17, 15) is 17.9 Å². The lowest BCUT2D eigenvalue weighted by molar-refractivity contribution is 0.193. The van der Waals surface area contributed by atoms with Crippen molar-refractivity contribution >= 4 is 9.84 Å². The molecule has 0 radical (unpaired) electrons. The third-order valence-corrected chi connectivity index (χ3v) is 4.65. The Morgan fingerprint density at radius 1 is 1.50 bits per heavy atom. The Kier molecular flexibility index (Phi) is 3.59. The van der Waals surface area contributed by atoms with Gasteiger partial charge in [-0.1, -0.05) is 0 Å². The van der Waals surface area contributed by atoms with Gasteiger partial charge in [0.25, 0.3) is 0 Å². The second-order valence-electron chi connectivity index (χ2n) is 4.50. The Hall–Kier alpha value is -1.14. The first-order valence-corrected chi connectivity index (χ1v) is 7.54. The number of aliphatic hydroxyl groups is 1. The van der Waals surface area contributed by atoms with E-state index in [2.05, 4.69) is 0 Å². The number of hydrogen-bond donors (Lipinski definition) is 1. The summed E-state index contributed by atoms with van der Waals surface area (Å²) in [6, 6.07) is 4.15. The zero-order valence-electron chi connectivity index (χ0n) is 9.97. The van der Waals surface area contributed by atoms with E-state index in [1.807, 2.05) is 0 Å². The van der Waals surface area contributed by atoms with Gasteiger partial charge in [-0.2, -0.15) is 0 Å². The van der Waals surface area contributed by atoms with Crippen molar-refractivity contribution < 1.29 is 22.7 Å². The van der Waals surface area contributed by atoms with Crippen LogP contribution in [0, 0.1) is 5.82 Å². The lowest BCUT2D eigenvalue weighted by Crippen LogP contribution is -2.17. The highest BCUT2D eigenvalue weighted by atomic mass is 32.2. The van der Waals surface area contributed by atoms with Gasteiger partial charge in [-0.15, -0.1) is 0 Å². The zero-order valence-corrected chi connectivity index (χ0v) is 10.8. The number of rotatable bonds is 3. The second-order valence-corrected chi connectivity index (χ2v) is 6.73. The Bertz CT molecular complexity index is 539. The summed E-state index contributed by atoms with van der Waals surface area (Å²) < 4.78 is 41.5. The average molecular weight is 274 g/mol. The molecule has 1 aliphatic heterocycles. The molecule has 2 rings (SSSR count). The fourth-order valence-electron chi connectivity index (χ4n) is 1.97. The number of sulfone groups is 1. The third-order valence-electron chi connectivity index (χ3n) is 2.92. The summed E-state index contributed by atoms with van der Waals surface area (Å²) in [5.74, 6) is -0.166. The van der Waals surface area contributed by atoms with Crippen LogP contribution in [0.2, 0.25) is 0 Å². The minimum absolute atomic E-state index is 0.0211. The smallest absolute Gasteiger partial charge is 0.154 e. The third kappa shape index (κ3) is 3.00. The molecule has 1 aromatic rings. The second kappa shape index (κ2) is 4.85. The van der Waals surface area contributed by atoms with Crippen molar-refractivity contribution in [3.05, 3.63) is 29.6 Å². The van der Waals surface area contributed by atoms with Crippen molar-refractivity contribution in [3.8, 4) is 5.75 Å². The van der Waals surface area contributed by atoms with Gasteiger partial charge >= 0.3 is 0 Å². The zero-order chi connectivity index (χ0) is 13.3. The summed E-state index contributed by atoms with van der Waals surface area (Å²) in [5.41, 5.74) is 0.196. The molecule has 0 aromatic heterocycles. The number of halogens is 1. The summed E-state index contributed by atoms with van der Waals surface area (Å²) in [4.78, 5) is 0. The predicted octanol–water partition coefficient (Wildman–Crippen LogP) is 1.44. The predicted molar refractivity (Wildman–Crippen MR) is 64.7 cm³/mol. The molecule has 1 aromatic carbocycles. The molecule has 0 spiro atoms. The highest BCUT2D eigenvalue weighted by molar-refractivity contribution is 7.91. The van der Waals surface area contributed by atoms with Crippen LogP contribution >= 0.6 is 0 Å². The highest BCUT2D eigenvalue weighted by Gasteiger charge is 2.29. The molecule has 0 aliphatic carbocycles. The van der Waals surface area contributed by atoms with Crippen LogP contribution in [-0.4, -0.2) is 31.1 Å². The van der Waals surface area contributed by atoms with E-state index >= 15 is 0 Å². The minimum Gasteiger partial charge on any atom is -0.489 e. The van der Waals surface area contributed by atoms with E-state index in [-0.39, 0.29) is 17.1 Å². The molecule has 1 unspecified atom stereocenters. The monoisotopic (exact) mass is 274 g/mol. The molecule has 1 aliphatic rings. The van der Waals surface area contributed by atoms with E-state index in [1.165, 1.54) is 25.1 Å². The van der Waals surface area contributed by atoms with E-state index in [0.29, 0.717) is 12.2 Å². The van der Waals surface area contributed by atoms with Crippen molar-refractivity contribution in [2.24, 2.45) is 0 Å². The van der Waals surface area contributed by atoms with E-state index in [4.69, 9.17) is 4.74 Å². The molecular weight excluding hydrogens is 259 g/mol. The van der Waals surface area contributed by atoms with Crippen molar-refractivity contribution in [2.45, 2.75) is 25.6 Å².